The SMILES string of the molecule is CNC(C)c1csc(NS(=O)(=O)c2ccccc2F)n1. The van der Waals surface area contributed by atoms with Crippen molar-refractivity contribution in [2.75, 3.05) is 11.8 Å². The van der Waals surface area contributed by atoms with E-state index in [-0.39, 0.29) is 11.2 Å². The number of thiazole rings is 1. The highest BCUT2D eigenvalue weighted by atomic mass is 32.2. The zero-order valence-electron chi connectivity index (χ0n) is 10.9. The molecule has 0 radical (unpaired) electrons. The van der Waals surface area contributed by atoms with Crippen molar-refractivity contribution in [3.63, 3.8) is 0 Å². The minimum atomic E-state index is -3.96. The summed E-state index contributed by atoms with van der Waals surface area (Å²) in [4.78, 5) is 3.77. The number of hydrogen-bond acceptors (Lipinski definition) is 5. The molecule has 5 nitrogen and oxygen atoms in total. The van der Waals surface area contributed by atoms with Crippen molar-refractivity contribution in [2.45, 2.75) is 17.9 Å². The molecule has 1 aromatic heterocycles. The van der Waals surface area contributed by atoms with Crippen LogP contribution in [-0.2, 0) is 10.0 Å². The predicted molar refractivity (Wildman–Crippen MR) is 76.8 cm³/mol. The maximum atomic E-state index is 13.5. The second-order valence-corrected chi connectivity index (χ2v) is 6.63. The molecule has 2 rings (SSSR count). The largest absolute Gasteiger partial charge is 0.312 e. The first-order chi connectivity index (χ1) is 9.44. The summed E-state index contributed by atoms with van der Waals surface area (Å²) < 4.78 is 40.0. The summed E-state index contributed by atoms with van der Waals surface area (Å²) in [5, 5.41) is 4.97. The lowest BCUT2D eigenvalue weighted by atomic mass is 10.3. The fourth-order valence-electron chi connectivity index (χ4n) is 1.51. The molecule has 0 bridgehead atoms. The molecule has 0 saturated heterocycles. The van der Waals surface area contributed by atoms with Gasteiger partial charge in [-0.3, -0.25) is 4.72 Å². The Balaban J connectivity index is 2.25. The average molecular weight is 315 g/mol. The first-order valence-electron chi connectivity index (χ1n) is 5.84. The number of rotatable bonds is 5. The summed E-state index contributed by atoms with van der Waals surface area (Å²) in [5.41, 5.74) is 0.726. The van der Waals surface area contributed by atoms with Crippen molar-refractivity contribution in [1.29, 1.82) is 0 Å². The zero-order valence-corrected chi connectivity index (χ0v) is 12.6. The van der Waals surface area contributed by atoms with E-state index >= 15 is 0 Å². The lowest BCUT2D eigenvalue weighted by Gasteiger charge is -2.07. The maximum absolute atomic E-state index is 13.5. The molecule has 1 atom stereocenters. The highest BCUT2D eigenvalue weighted by Crippen LogP contribution is 2.24. The van der Waals surface area contributed by atoms with Gasteiger partial charge in [0.15, 0.2) is 5.13 Å². The van der Waals surface area contributed by atoms with Gasteiger partial charge in [0, 0.05) is 11.4 Å². The highest BCUT2D eigenvalue weighted by molar-refractivity contribution is 7.93. The minimum Gasteiger partial charge on any atom is -0.312 e. The van der Waals surface area contributed by atoms with E-state index in [9.17, 15) is 12.8 Å². The number of aromatic nitrogens is 1. The molecule has 0 aliphatic carbocycles. The smallest absolute Gasteiger partial charge is 0.266 e. The van der Waals surface area contributed by atoms with Gasteiger partial charge >= 0.3 is 0 Å². The highest BCUT2D eigenvalue weighted by Gasteiger charge is 2.20. The van der Waals surface area contributed by atoms with Gasteiger partial charge in [-0.25, -0.2) is 17.8 Å². The number of sulfonamides is 1. The monoisotopic (exact) mass is 315 g/mol. The van der Waals surface area contributed by atoms with Crippen molar-refractivity contribution in [1.82, 2.24) is 10.3 Å². The molecule has 0 spiro atoms. The summed E-state index contributed by atoms with van der Waals surface area (Å²) >= 11 is 1.16. The van der Waals surface area contributed by atoms with Gasteiger partial charge in [-0.05, 0) is 26.1 Å². The molecule has 1 heterocycles. The van der Waals surface area contributed by atoms with Crippen LogP contribution in [0.5, 0.6) is 0 Å². The summed E-state index contributed by atoms with van der Waals surface area (Å²) in [6, 6.07) is 5.23. The van der Waals surface area contributed by atoms with Crippen LogP contribution in [0.1, 0.15) is 18.7 Å². The standard InChI is InChI=1S/C12H14FN3O2S2/c1-8(14-2)10-7-19-12(15-10)16-20(17,18)11-6-4-3-5-9(11)13/h3-8,14H,1-2H3,(H,15,16). The first kappa shape index (κ1) is 14.9. The van der Waals surface area contributed by atoms with Gasteiger partial charge in [0.25, 0.3) is 10.0 Å². The lowest BCUT2D eigenvalue weighted by molar-refractivity contribution is 0.570. The first-order valence-corrected chi connectivity index (χ1v) is 8.20. The van der Waals surface area contributed by atoms with Crippen molar-refractivity contribution >= 4 is 26.5 Å². The Morgan fingerprint density at radius 3 is 2.70 bits per heavy atom. The van der Waals surface area contributed by atoms with Crippen LogP contribution in [0.15, 0.2) is 34.5 Å². The topological polar surface area (TPSA) is 71.1 Å². The van der Waals surface area contributed by atoms with Gasteiger partial charge in [0.1, 0.15) is 10.7 Å². The van der Waals surface area contributed by atoms with Gasteiger partial charge < -0.3 is 5.32 Å². The molecule has 8 heteroatoms. The van der Waals surface area contributed by atoms with Gasteiger partial charge in [-0.2, -0.15) is 0 Å². The van der Waals surface area contributed by atoms with Crippen LogP contribution in [-0.4, -0.2) is 20.4 Å². The van der Waals surface area contributed by atoms with E-state index in [0.29, 0.717) is 0 Å². The average Bonchev–Trinajstić information content (AvgIpc) is 2.85. The number of benzene rings is 1. The molecule has 0 aliphatic heterocycles. The Bertz CT molecular complexity index is 700. The quantitative estimate of drug-likeness (QED) is 0.888. The minimum absolute atomic E-state index is 0.0120. The van der Waals surface area contributed by atoms with Crippen LogP contribution in [0.4, 0.5) is 9.52 Å². The normalized spacial score (nSPS) is 13.2. The second kappa shape index (κ2) is 5.86. The van der Waals surface area contributed by atoms with Gasteiger partial charge in [0.05, 0.1) is 5.69 Å². The summed E-state index contributed by atoms with van der Waals surface area (Å²) in [6.45, 7) is 1.91. The molecule has 1 unspecified atom stereocenters. The van der Waals surface area contributed by atoms with Crippen LogP contribution in [0.2, 0.25) is 0 Å². The summed E-state index contributed by atoms with van der Waals surface area (Å²) in [6.07, 6.45) is 0. The summed E-state index contributed by atoms with van der Waals surface area (Å²) in [5.74, 6) is -0.791. The van der Waals surface area contributed by atoms with Crippen LogP contribution in [0.3, 0.4) is 0 Å². The van der Waals surface area contributed by atoms with Crippen molar-refractivity contribution in [3.05, 3.63) is 41.2 Å². The lowest BCUT2D eigenvalue weighted by Crippen LogP contribution is -2.15. The molecule has 2 aromatic rings. The van der Waals surface area contributed by atoms with E-state index in [0.717, 1.165) is 23.1 Å². The van der Waals surface area contributed by atoms with Crippen molar-refractivity contribution < 1.29 is 12.8 Å². The maximum Gasteiger partial charge on any atom is 0.266 e. The van der Waals surface area contributed by atoms with E-state index in [1.54, 1.807) is 12.4 Å². The Morgan fingerprint density at radius 1 is 1.35 bits per heavy atom. The van der Waals surface area contributed by atoms with Crippen molar-refractivity contribution in [2.24, 2.45) is 0 Å². The molecule has 0 amide bonds. The number of nitrogens with one attached hydrogen (secondary N) is 2. The molecular formula is C12H14FN3O2S2. The third-order valence-corrected chi connectivity index (χ3v) is 5.02. The third-order valence-electron chi connectivity index (χ3n) is 2.75. The Kier molecular flexibility index (Phi) is 4.36. The Morgan fingerprint density at radius 2 is 2.05 bits per heavy atom. The van der Waals surface area contributed by atoms with Gasteiger partial charge in [0.2, 0.25) is 0 Å². The van der Waals surface area contributed by atoms with Crippen molar-refractivity contribution in [3.8, 4) is 0 Å². The van der Waals surface area contributed by atoms with Crippen LogP contribution < -0.4 is 10.0 Å². The number of nitrogens with zero attached hydrogens (tertiary/aromatic N) is 1. The van der Waals surface area contributed by atoms with Crippen LogP contribution in [0, 0.1) is 5.82 Å². The fraction of sp³-hybridized carbons (Fsp3) is 0.250. The number of halogens is 1. The molecular weight excluding hydrogens is 301 g/mol. The van der Waals surface area contributed by atoms with Gasteiger partial charge in [-0.15, -0.1) is 11.3 Å². The van der Waals surface area contributed by atoms with Crippen LogP contribution >= 0.6 is 11.3 Å². The zero-order chi connectivity index (χ0) is 14.8. The molecule has 1 aromatic carbocycles. The van der Waals surface area contributed by atoms with Crippen LogP contribution in [0.25, 0.3) is 0 Å². The van der Waals surface area contributed by atoms with E-state index < -0.39 is 20.7 Å². The van der Waals surface area contributed by atoms with E-state index in [1.807, 2.05) is 6.92 Å². The summed E-state index contributed by atoms with van der Waals surface area (Å²) in [7, 11) is -2.18. The molecule has 20 heavy (non-hydrogen) atoms. The molecule has 0 saturated carbocycles. The molecule has 0 fully saturated rings. The van der Waals surface area contributed by atoms with E-state index in [2.05, 4.69) is 15.0 Å². The van der Waals surface area contributed by atoms with E-state index in [1.165, 1.54) is 18.2 Å². The van der Waals surface area contributed by atoms with Gasteiger partial charge in [-0.1, -0.05) is 12.1 Å². The molecule has 2 N–H and O–H groups in total. The number of anilines is 1. The molecule has 108 valence electrons. The third kappa shape index (κ3) is 3.14. The molecule has 0 aliphatic rings. The fourth-order valence-corrected chi connectivity index (χ4v) is 3.65. The Hall–Kier alpha value is -1.51. The Labute approximate surface area is 120 Å². The number of hydrogen-bond donors (Lipinski definition) is 2. The second-order valence-electron chi connectivity index (χ2n) is 4.12. The predicted octanol–water partition coefficient (Wildman–Crippen LogP) is 2.36. The van der Waals surface area contributed by atoms with E-state index in [4.69, 9.17) is 0 Å².